The van der Waals surface area contributed by atoms with Crippen molar-refractivity contribution in [1.82, 2.24) is 4.98 Å². The molecule has 1 aromatic heterocycles. The molecule has 2 heterocycles. The molecule has 46 heavy (non-hydrogen) atoms. The van der Waals surface area contributed by atoms with Gasteiger partial charge in [-0.15, -0.1) is 76.4 Å². The van der Waals surface area contributed by atoms with Crippen LogP contribution >= 0.6 is 0 Å². The molecule has 1 atom stereocenters. The van der Waals surface area contributed by atoms with Crippen molar-refractivity contribution in [2.75, 3.05) is 6.61 Å². The SMILES string of the molecule is [2H]C([2H])([2H])c1ccc(-c2[c-]cc(C([2H])([2H])[2H])c(C3COC(C)=C3C)c2)nc1.[2H]C([2H])(c1ccc(C(/C=C(\C)c2[c-]cccc2)=C/C=[N-])cc1)C(C)(C)C.[Ir+3]. The predicted molar refractivity (Wildman–Crippen MR) is 191 cm³/mol. The Kier molecular flexibility index (Phi) is 9.49. The van der Waals surface area contributed by atoms with Crippen molar-refractivity contribution in [2.24, 2.45) is 5.41 Å². The first-order chi connectivity index (χ1) is 24.6. The molecule has 1 aliphatic rings. The Hall–Kier alpha value is -3.85. The molecular weight excluding hydrogens is 741 g/mol. The van der Waals surface area contributed by atoms with Crippen molar-refractivity contribution in [2.45, 2.75) is 67.5 Å². The van der Waals surface area contributed by atoms with Gasteiger partial charge < -0.3 is 15.1 Å². The summed E-state index contributed by atoms with van der Waals surface area (Å²) in [4.78, 5) is 4.23. The zero-order valence-corrected chi connectivity index (χ0v) is 29.6. The molecule has 3 aromatic carbocycles. The second-order valence-corrected chi connectivity index (χ2v) is 12.1. The third-order valence-electron chi connectivity index (χ3n) is 7.44. The molecule has 0 spiro atoms. The molecule has 5 rings (SSSR count). The molecule has 0 bridgehead atoms. The molecule has 0 aliphatic carbocycles. The molecule has 0 saturated heterocycles. The molecule has 1 aliphatic heterocycles. The van der Waals surface area contributed by atoms with Gasteiger partial charge in [-0.3, -0.25) is 0 Å². The first-order valence-electron chi connectivity index (χ1n) is 18.9. The average Bonchev–Trinajstić information content (AvgIpc) is 3.44. The zero-order valence-electron chi connectivity index (χ0n) is 35.2. The van der Waals surface area contributed by atoms with E-state index in [0.717, 1.165) is 39.8 Å². The van der Waals surface area contributed by atoms with Gasteiger partial charge in [-0.1, -0.05) is 83.1 Å². The Bertz CT molecular complexity index is 1990. The van der Waals surface area contributed by atoms with Crippen molar-refractivity contribution in [3.63, 3.8) is 0 Å². The predicted octanol–water partition coefficient (Wildman–Crippen LogP) is 10.8. The van der Waals surface area contributed by atoms with Gasteiger partial charge in [0.2, 0.25) is 0 Å². The van der Waals surface area contributed by atoms with Crippen molar-refractivity contribution in [3.8, 4) is 11.3 Å². The van der Waals surface area contributed by atoms with Crippen LogP contribution < -0.4 is 0 Å². The number of ether oxygens (including phenoxy) is 1. The summed E-state index contributed by atoms with van der Waals surface area (Å²) in [5.74, 6) is 0.668. The number of pyridine rings is 1. The van der Waals surface area contributed by atoms with Crippen LogP contribution in [0.4, 0.5) is 0 Å². The van der Waals surface area contributed by atoms with Crippen molar-refractivity contribution in [1.29, 1.82) is 0 Å². The van der Waals surface area contributed by atoms with Crippen LogP contribution in [0.3, 0.4) is 0 Å². The molecule has 0 N–H and O–H groups in total. The number of hydrogen-bond acceptors (Lipinski definition) is 2. The Labute approximate surface area is 301 Å². The number of aryl methyl sites for hydroxylation is 2. The van der Waals surface area contributed by atoms with Gasteiger partial charge >= 0.3 is 20.1 Å². The molecule has 4 aromatic rings. The summed E-state index contributed by atoms with van der Waals surface area (Å²) in [5.41, 5.74) is 7.18. The van der Waals surface area contributed by atoms with Gasteiger partial charge in [0.15, 0.2) is 0 Å². The molecule has 3 nitrogen and oxygen atoms in total. The van der Waals surface area contributed by atoms with Crippen LogP contribution in [-0.4, -0.2) is 17.8 Å². The van der Waals surface area contributed by atoms with E-state index in [2.05, 4.69) is 17.1 Å². The maximum Gasteiger partial charge on any atom is 3.00 e. The topological polar surface area (TPSA) is 44.4 Å². The summed E-state index contributed by atoms with van der Waals surface area (Å²) in [6.07, 6.45) is 4.55. The van der Waals surface area contributed by atoms with Crippen molar-refractivity contribution >= 4 is 17.4 Å². The number of benzene rings is 3. The fourth-order valence-electron chi connectivity index (χ4n) is 4.95. The van der Waals surface area contributed by atoms with Crippen LogP contribution in [0.25, 0.3) is 27.8 Å². The quantitative estimate of drug-likeness (QED) is 0.106. The fourth-order valence-corrected chi connectivity index (χ4v) is 4.95. The smallest absolute Gasteiger partial charge is 0.811 e. The molecular formula is C42H45IrN2O. The third-order valence-corrected chi connectivity index (χ3v) is 7.44. The molecule has 0 amide bonds. The average molecular weight is 794 g/mol. The molecule has 0 saturated carbocycles. The Morgan fingerprint density at radius 2 is 1.87 bits per heavy atom. The summed E-state index contributed by atoms with van der Waals surface area (Å²) in [5, 5.41) is 9.27. The van der Waals surface area contributed by atoms with Crippen LogP contribution in [-0.2, 0) is 31.2 Å². The zero-order chi connectivity index (χ0) is 39.4. The van der Waals surface area contributed by atoms with Gasteiger partial charge in [0.05, 0.1) is 12.4 Å². The van der Waals surface area contributed by atoms with Crippen LogP contribution in [0, 0.1) is 31.3 Å². The third kappa shape index (κ3) is 10.1. The van der Waals surface area contributed by atoms with E-state index >= 15 is 0 Å². The maximum absolute atomic E-state index is 9.27. The number of allylic oxidation sites excluding steroid dienone is 5. The monoisotopic (exact) mass is 794 g/mol. The van der Waals surface area contributed by atoms with E-state index in [1.54, 1.807) is 18.2 Å². The second-order valence-electron chi connectivity index (χ2n) is 12.1. The van der Waals surface area contributed by atoms with Gasteiger partial charge in [0, 0.05) is 23.1 Å². The van der Waals surface area contributed by atoms with E-state index in [-0.39, 0.29) is 37.2 Å². The van der Waals surface area contributed by atoms with Gasteiger partial charge in [-0.05, 0) is 66.0 Å². The van der Waals surface area contributed by atoms with E-state index in [9.17, 15) is 5.41 Å². The number of hydrogen-bond donors (Lipinski definition) is 0. The van der Waals surface area contributed by atoms with Crippen molar-refractivity contribution in [3.05, 3.63) is 153 Å². The summed E-state index contributed by atoms with van der Waals surface area (Å²) in [6.45, 7) is 7.43. The van der Waals surface area contributed by atoms with E-state index in [1.165, 1.54) is 18.3 Å². The number of rotatable bonds is 7. The van der Waals surface area contributed by atoms with E-state index in [1.807, 2.05) is 96.1 Å². The Morgan fingerprint density at radius 3 is 2.43 bits per heavy atom. The van der Waals surface area contributed by atoms with Gasteiger partial charge in [0.1, 0.15) is 0 Å². The molecule has 0 radical (unpaired) electrons. The maximum atomic E-state index is 9.27. The van der Waals surface area contributed by atoms with E-state index in [0.29, 0.717) is 29.0 Å². The van der Waals surface area contributed by atoms with E-state index in [4.69, 9.17) is 15.7 Å². The minimum atomic E-state index is -2.26. The van der Waals surface area contributed by atoms with Gasteiger partial charge in [0.25, 0.3) is 0 Å². The molecule has 238 valence electrons. The van der Waals surface area contributed by atoms with Crippen molar-refractivity contribution < 1.29 is 35.8 Å². The number of aromatic nitrogens is 1. The van der Waals surface area contributed by atoms with Crippen LogP contribution in [0.2, 0.25) is 0 Å². The summed E-state index contributed by atoms with van der Waals surface area (Å²) < 4.78 is 68.2. The minimum absolute atomic E-state index is 0. The first-order valence-corrected chi connectivity index (χ1v) is 14.9. The van der Waals surface area contributed by atoms with Crippen LogP contribution in [0.5, 0.6) is 0 Å². The normalized spacial score (nSPS) is 18.4. The fraction of sp³-hybridized carbons (Fsp3) is 0.286. The van der Waals surface area contributed by atoms with Crippen LogP contribution in [0.15, 0.2) is 102 Å². The van der Waals surface area contributed by atoms with Gasteiger partial charge in [-0.2, -0.15) is 6.21 Å². The Balaban J connectivity index is 0.000000285. The summed E-state index contributed by atoms with van der Waals surface area (Å²) in [7, 11) is 0. The van der Waals surface area contributed by atoms with Gasteiger partial charge in [-0.25, -0.2) is 0 Å². The standard InChI is InChI=1S/C23H25N.C19H20NO.Ir/c1-18(20-8-6-5-7-9-20)16-22(14-15-24)21-12-10-19(11-13-21)17-23(2,3)4;1-12-5-8-19(20-10-12)16-7-6-13(2)17(9-16)18-11-21-15(4)14(18)3;/h5-8,10-16H,17H2,1-4H3;5-6,8-10,18H,11H2,1-4H3;/q-2;-1;+3/b18-16+,22-14+;;/i17D2;1D3,2D3;. The second kappa shape index (κ2) is 16.6. The first kappa shape index (κ1) is 26.2. The summed E-state index contributed by atoms with van der Waals surface area (Å²) >= 11 is 0. The molecule has 0 fully saturated rings. The summed E-state index contributed by atoms with van der Waals surface area (Å²) in [6, 6.07) is 27.8. The minimum Gasteiger partial charge on any atom is -0.811 e. The molecule has 1 unspecified atom stereocenters. The van der Waals surface area contributed by atoms with Crippen LogP contribution in [0.1, 0.15) is 91.8 Å². The number of nitrogens with zero attached hydrogens (tertiary/aromatic N) is 2. The largest absolute Gasteiger partial charge is 3.00 e. The Morgan fingerprint density at radius 1 is 1.09 bits per heavy atom. The van der Waals surface area contributed by atoms with E-state index < -0.39 is 25.5 Å². The molecule has 4 heteroatoms.